The molecule has 0 saturated heterocycles. The van der Waals surface area contributed by atoms with Gasteiger partial charge in [-0.1, -0.05) is 12.1 Å². The van der Waals surface area contributed by atoms with Gasteiger partial charge in [0.25, 0.3) is 11.6 Å². The highest BCUT2D eigenvalue weighted by Crippen LogP contribution is 2.28. The molecule has 4 aromatic rings. The fourth-order valence-corrected chi connectivity index (χ4v) is 3.58. The molecule has 0 spiro atoms. The fraction of sp³-hybridized carbons (Fsp3) is 0.0952. The number of nitro groups is 1. The molecule has 0 saturated carbocycles. The van der Waals surface area contributed by atoms with Gasteiger partial charge in [0, 0.05) is 23.4 Å². The van der Waals surface area contributed by atoms with Crippen LogP contribution in [-0.2, 0) is 0 Å². The minimum absolute atomic E-state index is 0.0732. The van der Waals surface area contributed by atoms with E-state index in [1.54, 1.807) is 22.9 Å². The SMILES string of the molecule is CCOc1nc(-c2cccs2)n(-c2cccc(NC(=O)c3ccc([N+](=O)[O-])cc3)c2)n1. The number of amides is 1. The monoisotopic (exact) mass is 435 g/mol. The predicted molar refractivity (Wildman–Crippen MR) is 117 cm³/mol. The van der Waals surface area contributed by atoms with Crippen LogP contribution in [0.4, 0.5) is 11.4 Å². The zero-order valence-electron chi connectivity index (χ0n) is 16.4. The molecule has 0 unspecified atom stereocenters. The molecule has 2 aromatic heterocycles. The highest BCUT2D eigenvalue weighted by atomic mass is 32.1. The molecule has 4 rings (SSSR count). The number of hydrogen-bond donors (Lipinski definition) is 1. The van der Waals surface area contributed by atoms with E-state index in [-0.39, 0.29) is 17.6 Å². The minimum atomic E-state index is -0.509. The maximum atomic E-state index is 12.6. The van der Waals surface area contributed by atoms with E-state index in [0.29, 0.717) is 29.4 Å². The molecule has 156 valence electrons. The van der Waals surface area contributed by atoms with Crippen molar-refractivity contribution in [3.8, 4) is 22.4 Å². The lowest BCUT2D eigenvalue weighted by molar-refractivity contribution is -0.384. The van der Waals surface area contributed by atoms with Crippen molar-refractivity contribution in [2.24, 2.45) is 0 Å². The van der Waals surface area contributed by atoms with Crippen LogP contribution in [0.5, 0.6) is 6.01 Å². The van der Waals surface area contributed by atoms with Crippen LogP contribution in [0, 0.1) is 10.1 Å². The number of hydrogen-bond acceptors (Lipinski definition) is 7. The van der Waals surface area contributed by atoms with Gasteiger partial charge in [0.1, 0.15) is 0 Å². The second-order valence-electron chi connectivity index (χ2n) is 6.35. The van der Waals surface area contributed by atoms with E-state index in [1.165, 1.54) is 35.6 Å². The Kier molecular flexibility index (Phi) is 5.72. The van der Waals surface area contributed by atoms with Gasteiger partial charge in [-0.2, -0.15) is 4.98 Å². The fourth-order valence-electron chi connectivity index (χ4n) is 2.88. The molecular formula is C21H17N5O4S. The zero-order chi connectivity index (χ0) is 21.8. The third-order valence-electron chi connectivity index (χ3n) is 4.29. The number of carbonyl (C=O) groups excluding carboxylic acids is 1. The average Bonchev–Trinajstić information content (AvgIpc) is 3.44. The number of nitrogens with zero attached hydrogens (tertiary/aromatic N) is 4. The molecule has 0 aliphatic rings. The third-order valence-corrected chi connectivity index (χ3v) is 5.16. The molecule has 2 heterocycles. The quantitative estimate of drug-likeness (QED) is 0.336. The number of rotatable bonds is 7. The average molecular weight is 435 g/mol. The van der Waals surface area contributed by atoms with Crippen LogP contribution >= 0.6 is 11.3 Å². The first-order chi connectivity index (χ1) is 15.0. The van der Waals surface area contributed by atoms with Crippen LogP contribution in [0.1, 0.15) is 17.3 Å². The summed E-state index contributed by atoms with van der Waals surface area (Å²) >= 11 is 1.53. The highest BCUT2D eigenvalue weighted by Gasteiger charge is 2.16. The molecule has 0 aliphatic heterocycles. The van der Waals surface area contributed by atoms with E-state index >= 15 is 0 Å². The first-order valence-corrected chi connectivity index (χ1v) is 10.2. The molecule has 31 heavy (non-hydrogen) atoms. The Balaban J connectivity index is 1.61. The predicted octanol–water partition coefficient (Wildman–Crippen LogP) is 4.56. The van der Waals surface area contributed by atoms with Crippen molar-refractivity contribution in [3.63, 3.8) is 0 Å². The van der Waals surface area contributed by atoms with Gasteiger partial charge in [0.05, 0.1) is 22.1 Å². The molecule has 0 fully saturated rings. The van der Waals surface area contributed by atoms with Crippen molar-refractivity contribution in [2.75, 3.05) is 11.9 Å². The van der Waals surface area contributed by atoms with Gasteiger partial charge in [-0.3, -0.25) is 14.9 Å². The van der Waals surface area contributed by atoms with E-state index < -0.39 is 4.92 Å². The maximum Gasteiger partial charge on any atom is 0.336 e. The van der Waals surface area contributed by atoms with Crippen molar-refractivity contribution in [1.29, 1.82) is 0 Å². The number of anilines is 1. The van der Waals surface area contributed by atoms with E-state index in [0.717, 1.165) is 4.88 Å². The van der Waals surface area contributed by atoms with Gasteiger partial charge in [0.15, 0.2) is 5.82 Å². The Labute approximate surface area is 181 Å². The topological polar surface area (TPSA) is 112 Å². The van der Waals surface area contributed by atoms with Crippen LogP contribution in [-0.4, -0.2) is 32.2 Å². The summed E-state index contributed by atoms with van der Waals surface area (Å²) < 4.78 is 7.13. The number of non-ortho nitro benzene ring substituents is 1. The molecule has 10 heteroatoms. The largest absolute Gasteiger partial charge is 0.463 e. The van der Waals surface area contributed by atoms with Crippen LogP contribution in [0.2, 0.25) is 0 Å². The van der Waals surface area contributed by atoms with Crippen molar-refractivity contribution >= 4 is 28.6 Å². The van der Waals surface area contributed by atoms with E-state index in [4.69, 9.17) is 4.74 Å². The van der Waals surface area contributed by atoms with Crippen molar-refractivity contribution in [1.82, 2.24) is 14.8 Å². The lowest BCUT2D eigenvalue weighted by Crippen LogP contribution is -2.12. The molecule has 1 amide bonds. The van der Waals surface area contributed by atoms with E-state index in [9.17, 15) is 14.9 Å². The number of benzene rings is 2. The standard InChI is InChI=1S/C21H17N5O4S/c1-2-30-21-23-19(18-7-4-12-31-18)25(24-21)17-6-3-5-15(13-17)22-20(27)14-8-10-16(11-9-14)26(28)29/h3-13H,2H2,1H3,(H,22,27). The zero-order valence-corrected chi connectivity index (χ0v) is 17.2. The van der Waals surface area contributed by atoms with Crippen molar-refractivity contribution in [2.45, 2.75) is 6.92 Å². The van der Waals surface area contributed by atoms with Crippen LogP contribution < -0.4 is 10.1 Å². The molecule has 0 atom stereocenters. The van der Waals surface area contributed by atoms with Crippen molar-refractivity contribution in [3.05, 3.63) is 81.7 Å². The Morgan fingerprint density at radius 2 is 2.00 bits per heavy atom. The molecule has 1 N–H and O–H groups in total. The lowest BCUT2D eigenvalue weighted by Gasteiger charge is -2.09. The summed E-state index contributed by atoms with van der Waals surface area (Å²) in [5.74, 6) is 0.261. The number of aromatic nitrogens is 3. The second-order valence-corrected chi connectivity index (χ2v) is 7.30. The van der Waals surface area contributed by atoms with E-state index in [2.05, 4.69) is 15.4 Å². The van der Waals surface area contributed by atoms with Crippen molar-refractivity contribution < 1.29 is 14.5 Å². The third kappa shape index (κ3) is 4.43. The molecule has 0 radical (unpaired) electrons. The summed E-state index contributed by atoms with van der Waals surface area (Å²) in [6.45, 7) is 2.30. The van der Waals surface area contributed by atoms with Gasteiger partial charge in [0.2, 0.25) is 0 Å². The van der Waals surface area contributed by atoms with E-state index in [1.807, 2.05) is 30.5 Å². The lowest BCUT2D eigenvalue weighted by atomic mass is 10.2. The number of thiophene rings is 1. The van der Waals surface area contributed by atoms with Gasteiger partial charge in [-0.25, -0.2) is 4.68 Å². The Hall–Kier alpha value is -4.05. The summed E-state index contributed by atoms with van der Waals surface area (Å²) in [5, 5.41) is 20.0. The van der Waals surface area contributed by atoms with Gasteiger partial charge < -0.3 is 10.1 Å². The summed E-state index contributed by atoms with van der Waals surface area (Å²) in [4.78, 5) is 28.2. The summed E-state index contributed by atoms with van der Waals surface area (Å²) in [7, 11) is 0. The molecule has 0 bridgehead atoms. The first-order valence-electron chi connectivity index (χ1n) is 9.35. The molecular weight excluding hydrogens is 418 g/mol. The first kappa shape index (κ1) is 20.2. The van der Waals surface area contributed by atoms with Gasteiger partial charge in [-0.15, -0.1) is 16.4 Å². The Morgan fingerprint density at radius 1 is 1.19 bits per heavy atom. The number of ether oxygens (including phenoxy) is 1. The highest BCUT2D eigenvalue weighted by molar-refractivity contribution is 7.13. The normalized spacial score (nSPS) is 10.6. The Bertz CT molecular complexity index is 1220. The summed E-state index contributed by atoms with van der Waals surface area (Å²) in [5.41, 5.74) is 1.49. The van der Waals surface area contributed by atoms with Gasteiger partial charge in [-0.05, 0) is 48.7 Å². The summed E-state index contributed by atoms with van der Waals surface area (Å²) in [6, 6.07) is 16.7. The molecule has 0 aliphatic carbocycles. The minimum Gasteiger partial charge on any atom is -0.463 e. The number of nitro benzene ring substituents is 1. The Morgan fingerprint density at radius 3 is 2.68 bits per heavy atom. The smallest absolute Gasteiger partial charge is 0.336 e. The van der Waals surface area contributed by atoms with Crippen LogP contribution in [0.15, 0.2) is 66.0 Å². The summed E-state index contributed by atoms with van der Waals surface area (Å²) in [6.07, 6.45) is 0. The maximum absolute atomic E-state index is 12.6. The van der Waals surface area contributed by atoms with Crippen LogP contribution in [0.3, 0.4) is 0 Å². The van der Waals surface area contributed by atoms with Crippen LogP contribution in [0.25, 0.3) is 16.4 Å². The number of carbonyl (C=O) groups is 1. The molecule has 9 nitrogen and oxygen atoms in total. The number of nitrogens with one attached hydrogen (secondary N) is 1. The molecule has 2 aromatic carbocycles. The van der Waals surface area contributed by atoms with Gasteiger partial charge >= 0.3 is 6.01 Å². The second kappa shape index (κ2) is 8.76.